The molecule has 4 rings (SSSR count). The number of amides is 1. The molecule has 2 atom stereocenters. The number of piperidine rings is 1. The largest absolute Gasteiger partial charge is 0.298 e. The first kappa shape index (κ1) is 22.5. The summed E-state index contributed by atoms with van der Waals surface area (Å²) in [6.07, 6.45) is 1.02. The second-order valence-electron chi connectivity index (χ2n) is 7.97. The molecule has 0 radical (unpaired) electrons. The van der Waals surface area contributed by atoms with Crippen LogP contribution in [-0.2, 0) is 10.0 Å². The lowest BCUT2D eigenvalue weighted by atomic mass is 9.94. The maximum atomic E-state index is 13.0. The lowest BCUT2D eigenvalue weighted by Gasteiger charge is -2.34. The molecule has 0 bridgehead atoms. The summed E-state index contributed by atoms with van der Waals surface area (Å²) in [5.41, 5.74) is 0.864. The second-order valence-corrected chi connectivity index (χ2v) is 11.7. The van der Waals surface area contributed by atoms with Crippen LogP contribution >= 0.6 is 34.5 Å². The van der Waals surface area contributed by atoms with Crippen LogP contribution in [0.2, 0.25) is 10.0 Å². The number of rotatable bonds is 4. The Balaban J connectivity index is 1.51. The van der Waals surface area contributed by atoms with E-state index in [0.717, 1.165) is 11.1 Å². The SMILES string of the molecule is C[C@H]1C[C@H](C)CN(S(=O)(=O)c2ccc(C(=O)Nc3nc4c(Cl)c(Cl)ccc4s3)cc2)C1. The van der Waals surface area contributed by atoms with Gasteiger partial charge in [0, 0.05) is 18.7 Å². The average Bonchev–Trinajstić information content (AvgIpc) is 3.13. The van der Waals surface area contributed by atoms with Crippen molar-refractivity contribution < 1.29 is 13.2 Å². The number of aromatic nitrogens is 1. The van der Waals surface area contributed by atoms with Crippen LogP contribution in [-0.4, -0.2) is 36.7 Å². The maximum absolute atomic E-state index is 13.0. The Labute approximate surface area is 195 Å². The molecule has 31 heavy (non-hydrogen) atoms. The molecule has 0 saturated carbocycles. The minimum atomic E-state index is -3.59. The van der Waals surface area contributed by atoms with Crippen molar-refractivity contribution in [1.82, 2.24) is 9.29 Å². The van der Waals surface area contributed by atoms with Crippen molar-refractivity contribution in [2.45, 2.75) is 25.2 Å². The molecule has 2 heterocycles. The van der Waals surface area contributed by atoms with Crippen LogP contribution in [0.4, 0.5) is 5.13 Å². The first-order chi connectivity index (χ1) is 14.6. The number of hydrogen-bond acceptors (Lipinski definition) is 5. The van der Waals surface area contributed by atoms with Gasteiger partial charge in [-0.25, -0.2) is 13.4 Å². The second kappa shape index (κ2) is 8.67. The van der Waals surface area contributed by atoms with Gasteiger partial charge in [0.1, 0.15) is 5.52 Å². The number of thiazole rings is 1. The Morgan fingerprint density at radius 1 is 1.10 bits per heavy atom. The van der Waals surface area contributed by atoms with E-state index in [1.807, 2.05) is 0 Å². The Morgan fingerprint density at radius 3 is 2.39 bits per heavy atom. The van der Waals surface area contributed by atoms with Gasteiger partial charge in [-0.05, 0) is 54.7 Å². The molecule has 0 spiro atoms. The van der Waals surface area contributed by atoms with Crippen molar-refractivity contribution in [3.8, 4) is 0 Å². The van der Waals surface area contributed by atoms with E-state index >= 15 is 0 Å². The van der Waals surface area contributed by atoms with E-state index in [1.54, 1.807) is 12.1 Å². The molecule has 6 nitrogen and oxygen atoms in total. The van der Waals surface area contributed by atoms with E-state index in [-0.39, 0.29) is 10.8 Å². The summed E-state index contributed by atoms with van der Waals surface area (Å²) in [4.78, 5) is 17.2. The van der Waals surface area contributed by atoms with Crippen LogP contribution in [0.15, 0.2) is 41.3 Å². The number of benzene rings is 2. The molecule has 1 saturated heterocycles. The molecule has 0 aliphatic carbocycles. The van der Waals surface area contributed by atoms with Gasteiger partial charge in [0.2, 0.25) is 10.0 Å². The summed E-state index contributed by atoms with van der Waals surface area (Å²) >= 11 is 13.5. The highest BCUT2D eigenvalue weighted by Gasteiger charge is 2.31. The summed E-state index contributed by atoms with van der Waals surface area (Å²) in [5.74, 6) is 0.256. The number of sulfonamides is 1. The zero-order valence-corrected chi connectivity index (χ0v) is 20.1. The third kappa shape index (κ3) is 4.59. The number of halogens is 2. The highest BCUT2D eigenvalue weighted by atomic mass is 35.5. The number of nitrogens with zero attached hydrogens (tertiary/aromatic N) is 2. The predicted molar refractivity (Wildman–Crippen MR) is 126 cm³/mol. The van der Waals surface area contributed by atoms with Crippen LogP contribution in [0, 0.1) is 11.8 Å². The Morgan fingerprint density at radius 2 is 1.74 bits per heavy atom. The molecular formula is C21H21Cl2N3O3S2. The lowest BCUT2D eigenvalue weighted by molar-refractivity contribution is 0.102. The average molecular weight is 498 g/mol. The molecule has 1 N–H and O–H groups in total. The van der Waals surface area contributed by atoms with Gasteiger partial charge in [-0.3, -0.25) is 10.1 Å². The molecule has 2 aromatic carbocycles. The fourth-order valence-corrected chi connectivity index (χ4v) is 6.85. The number of nitrogens with one attached hydrogen (secondary N) is 1. The minimum Gasteiger partial charge on any atom is -0.298 e. The standard InChI is InChI=1S/C21H21Cl2N3O3S2/c1-12-9-13(2)11-26(10-12)31(28,29)15-5-3-14(4-6-15)20(27)25-21-24-19-17(30-21)8-7-16(22)18(19)23/h3-8,12-13H,9-11H2,1-2H3,(H,24,25,27)/t12-,13-/m0/s1. The minimum absolute atomic E-state index is 0.187. The van der Waals surface area contributed by atoms with Crippen molar-refractivity contribution in [3.05, 3.63) is 52.0 Å². The Bertz CT molecular complexity index is 1230. The van der Waals surface area contributed by atoms with E-state index in [4.69, 9.17) is 23.2 Å². The zero-order valence-electron chi connectivity index (χ0n) is 16.9. The third-order valence-electron chi connectivity index (χ3n) is 5.26. The van der Waals surface area contributed by atoms with Crippen LogP contribution in [0.25, 0.3) is 10.2 Å². The van der Waals surface area contributed by atoms with E-state index in [2.05, 4.69) is 24.1 Å². The van der Waals surface area contributed by atoms with E-state index in [9.17, 15) is 13.2 Å². The highest BCUT2D eigenvalue weighted by molar-refractivity contribution is 7.89. The molecule has 1 aliphatic heterocycles. The summed E-state index contributed by atoms with van der Waals surface area (Å²) in [7, 11) is -3.59. The third-order valence-corrected chi connectivity index (χ3v) is 8.84. The first-order valence-electron chi connectivity index (χ1n) is 9.81. The molecule has 1 aliphatic rings. The summed E-state index contributed by atoms with van der Waals surface area (Å²) < 4.78 is 28.3. The Hall–Kier alpha value is -1.71. The van der Waals surface area contributed by atoms with E-state index in [1.165, 1.54) is 39.9 Å². The number of anilines is 1. The number of carbonyl (C=O) groups is 1. The number of carbonyl (C=O) groups excluding carboxylic acids is 1. The fraction of sp³-hybridized carbons (Fsp3) is 0.333. The molecule has 3 aromatic rings. The Kier molecular flexibility index (Phi) is 6.29. The van der Waals surface area contributed by atoms with Gasteiger partial charge in [-0.1, -0.05) is 48.4 Å². The fourth-order valence-electron chi connectivity index (χ4n) is 3.89. The topological polar surface area (TPSA) is 79.4 Å². The number of fused-ring (bicyclic) bond motifs is 1. The maximum Gasteiger partial charge on any atom is 0.257 e. The van der Waals surface area contributed by atoms with Crippen molar-refractivity contribution in [3.63, 3.8) is 0 Å². The quantitative estimate of drug-likeness (QED) is 0.514. The highest BCUT2D eigenvalue weighted by Crippen LogP contribution is 2.35. The van der Waals surface area contributed by atoms with E-state index in [0.29, 0.717) is 51.2 Å². The zero-order chi connectivity index (χ0) is 22.3. The molecule has 1 amide bonds. The van der Waals surface area contributed by atoms with Gasteiger partial charge in [-0.15, -0.1) is 0 Å². The van der Waals surface area contributed by atoms with Crippen molar-refractivity contribution in [2.24, 2.45) is 11.8 Å². The summed E-state index contributed by atoms with van der Waals surface area (Å²) in [5, 5.41) is 3.86. The van der Waals surface area contributed by atoms with Crippen LogP contribution in [0.1, 0.15) is 30.6 Å². The van der Waals surface area contributed by atoms with Gasteiger partial charge < -0.3 is 0 Å². The molecular weight excluding hydrogens is 477 g/mol. The lowest BCUT2D eigenvalue weighted by Crippen LogP contribution is -2.42. The summed E-state index contributed by atoms with van der Waals surface area (Å²) in [6, 6.07) is 9.44. The first-order valence-corrected chi connectivity index (χ1v) is 12.8. The van der Waals surface area contributed by atoms with Gasteiger partial charge in [0.05, 0.1) is 19.6 Å². The monoisotopic (exact) mass is 497 g/mol. The predicted octanol–water partition coefficient (Wildman–Crippen LogP) is 5.52. The van der Waals surface area contributed by atoms with Gasteiger partial charge in [-0.2, -0.15) is 4.31 Å². The van der Waals surface area contributed by atoms with Crippen LogP contribution in [0.3, 0.4) is 0 Å². The van der Waals surface area contributed by atoms with Crippen LogP contribution in [0.5, 0.6) is 0 Å². The summed E-state index contributed by atoms with van der Waals surface area (Å²) in [6.45, 7) is 5.15. The number of hydrogen-bond donors (Lipinski definition) is 1. The van der Waals surface area contributed by atoms with Crippen molar-refractivity contribution >= 4 is 65.8 Å². The van der Waals surface area contributed by atoms with Crippen molar-refractivity contribution in [1.29, 1.82) is 0 Å². The van der Waals surface area contributed by atoms with E-state index < -0.39 is 10.0 Å². The van der Waals surface area contributed by atoms with Crippen molar-refractivity contribution in [2.75, 3.05) is 18.4 Å². The molecule has 164 valence electrons. The smallest absolute Gasteiger partial charge is 0.257 e. The molecule has 10 heteroatoms. The normalized spacial score (nSPS) is 20.1. The van der Waals surface area contributed by atoms with Crippen LogP contribution < -0.4 is 5.32 Å². The van der Waals surface area contributed by atoms with Gasteiger partial charge >= 0.3 is 0 Å². The molecule has 1 fully saturated rings. The van der Waals surface area contributed by atoms with Gasteiger partial charge in [0.25, 0.3) is 5.91 Å². The molecule has 0 unspecified atom stereocenters. The van der Waals surface area contributed by atoms with Gasteiger partial charge in [0.15, 0.2) is 5.13 Å². The molecule has 1 aromatic heterocycles.